The van der Waals surface area contributed by atoms with Gasteiger partial charge in [-0.3, -0.25) is 4.90 Å². The summed E-state index contributed by atoms with van der Waals surface area (Å²) in [6.07, 6.45) is 2.47. The Bertz CT molecular complexity index is 428. The van der Waals surface area contributed by atoms with E-state index in [0.717, 1.165) is 26.3 Å². The summed E-state index contributed by atoms with van der Waals surface area (Å²) < 4.78 is 5.75. The number of piperazine rings is 1. The van der Waals surface area contributed by atoms with Crippen LogP contribution in [-0.4, -0.2) is 43.3 Å². The first-order valence-corrected chi connectivity index (χ1v) is 8.37. The summed E-state index contributed by atoms with van der Waals surface area (Å²) in [7, 11) is 0. The second-order valence-electron chi connectivity index (χ2n) is 6.75. The molecule has 3 heteroatoms. The van der Waals surface area contributed by atoms with Crippen molar-refractivity contribution < 1.29 is 4.74 Å². The molecule has 21 heavy (non-hydrogen) atoms. The minimum atomic E-state index is 0.480. The molecule has 3 nitrogen and oxygen atoms in total. The van der Waals surface area contributed by atoms with Crippen molar-refractivity contribution in [2.75, 3.05) is 26.3 Å². The normalized spacial score (nSPS) is 31.5. The Labute approximate surface area is 128 Å². The molecule has 0 saturated carbocycles. The maximum Gasteiger partial charge on any atom is 0.0622 e. The lowest BCUT2D eigenvalue weighted by Gasteiger charge is -2.47. The van der Waals surface area contributed by atoms with Crippen molar-refractivity contribution in [2.45, 2.75) is 44.8 Å². The van der Waals surface area contributed by atoms with Gasteiger partial charge in [0, 0.05) is 37.8 Å². The SMILES string of the molecule is CC(C)C1CN(C2CCCOC2)C(c2ccccc2)CN1. The van der Waals surface area contributed by atoms with E-state index >= 15 is 0 Å². The van der Waals surface area contributed by atoms with Gasteiger partial charge in [0.1, 0.15) is 0 Å². The minimum Gasteiger partial charge on any atom is -0.380 e. The van der Waals surface area contributed by atoms with Crippen LogP contribution in [0.5, 0.6) is 0 Å². The van der Waals surface area contributed by atoms with Crippen molar-refractivity contribution in [3.63, 3.8) is 0 Å². The fourth-order valence-electron chi connectivity index (χ4n) is 3.62. The van der Waals surface area contributed by atoms with E-state index in [1.165, 1.54) is 18.4 Å². The summed E-state index contributed by atoms with van der Waals surface area (Å²) >= 11 is 0. The van der Waals surface area contributed by atoms with Crippen LogP contribution in [0.1, 0.15) is 38.3 Å². The van der Waals surface area contributed by atoms with Crippen LogP contribution in [0.25, 0.3) is 0 Å². The van der Waals surface area contributed by atoms with Crippen LogP contribution in [-0.2, 0) is 4.74 Å². The number of nitrogens with zero attached hydrogens (tertiary/aromatic N) is 1. The van der Waals surface area contributed by atoms with Gasteiger partial charge in [-0.25, -0.2) is 0 Å². The molecule has 116 valence electrons. The maximum atomic E-state index is 5.75. The number of hydrogen-bond acceptors (Lipinski definition) is 3. The van der Waals surface area contributed by atoms with Crippen LogP contribution in [0.15, 0.2) is 30.3 Å². The highest BCUT2D eigenvalue weighted by Gasteiger charge is 2.35. The van der Waals surface area contributed by atoms with Crippen LogP contribution >= 0.6 is 0 Å². The van der Waals surface area contributed by atoms with Gasteiger partial charge in [-0.05, 0) is 24.3 Å². The van der Waals surface area contributed by atoms with Gasteiger partial charge in [0.25, 0.3) is 0 Å². The summed E-state index contributed by atoms with van der Waals surface area (Å²) in [6.45, 7) is 8.64. The van der Waals surface area contributed by atoms with Crippen LogP contribution in [0.3, 0.4) is 0 Å². The second-order valence-corrected chi connectivity index (χ2v) is 6.75. The molecule has 3 atom stereocenters. The lowest BCUT2D eigenvalue weighted by molar-refractivity contribution is -0.0198. The zero-order valence-corrected chi connectivity index (χ0v) is 13.3. The summed E-state index contributed by atoms with van der Waals surface area (Å²) in [6, 6.07) is 12.6. The molecule has 0 spiro atoms. The molecule has 3 unspecified atom stereocenters. The maximum absolute atomic E-state index is 5.75. The predicted molar refractivity (Wildman–Crippen MR) is 86.4 cm³/mol. The van der Waals surface area contributed by atoms with Gasteiger partial charge in [-0.2, -0.15) is 0 Å². The molecule has 0 aliphatic carbocycles. The highest BCUT2D eigenvalue weighted by molar-refractivity contribution is 5.20. The molecule has 2 aliphatic rings. The van der Waals surface area contributed by atoms with Crippen molar-refractivity contribution in [1.29, 1.82) is 0 Å². The zero-order valence-electron chi connectivity index (χ0n) is 13.3. The molecule has 2 heterocycles. The number of rotatable bonds is 3. The third kappa shape index (κ3) is 3.47. The van der Waals surface area contributed by atoms with Crippen molar-refractivity contribution in [3.05, 3.63) is 35.9 Å². The number of hydrogen-bond donors (Lipinski definition) is 1. The molecule has 1 aromatic carbocycles. The van der Waals surface area contributed by atoms with Crippen molar-refractivity contribution in [3.8, 4) is 0 Å². The Kier molecular flexibility index (Phi) is 4.94. The quantitative estimate of drug-likeness (QED) is 0.925. The molecule has 0 bridgehead atoms. The average molecular weight is 288 g/mol. The molecule has 2 aliphatic heterocycles. The molecule has 1 N–H and O–H groups in total. The average Bonchev–Trinajstić information content (AvgIpc) is 2.56. The summed E-state index contributed by atoms with van der Waals surface area (Å²) in [4.78, 5) is 2.70. The van der Waals surface area contributed by atoms with E-state index in [4.69, 9.17) is 4.74 Å². The topological polar surface area (TPSA) is 24.5 Å². The Morgan fingerprint density at radius 3 is 2.71 bits per heavy atom. The van der Waals surface area contributed by atoms with Crippen molar-refractivity contribution in [2.24, 2.45) is 5.92 Å². The summed E-state index contributed by atoms with van der Waals surface area (Å²) in [5.74, 6) is 0.675. The Morgan fingerprint density at radius 2 is 2.05 bits per heavy atom. The number of ether oxygens (including phenoxy) is 1. The highest BCUT2D eigenvalue weighted by Crippen LogP contribution is 2.30. The fourth-order valence-corrected chi connectivity index (χ4v) is 3.62. The second kappa shape index (κ2) is 6.91. The molecular weight excluding hydrogens is 260 g/mol. The van der Waals surface area contributed by atoms with Crippen molar-refractivity contribution >= 4 is 0 Å². The first kappa shape index (κ1) is 15.0. The first-order chi connectivity index (χ1) is 10.3. The Balaban J connectivity index is 1.80. The van der Waals surface area contributed by atoms with E-state index in [2.05, 4.69) is 54.4 Å². The van der Waals surface area contributed by atoms with E-state index in [1.54, 1.807) is 0 Å². The van der Waals surface area contributed by atoms with E-state index in [-0.39, 0.29) is 0 Å². The van der Waals surface area contributed by atoms with Gasteiger partial charge in [0.2, 0.25) is 0 Å². The third-order valence-corrected chi connectivity index (χ3v) is 4.98. The largest absolute Gasteiger partial charge is 0.380 e. The van der Waals surface area contributed by atoms with Gasteiger partial charge in [0.15, 0.2) is 0 Å². The summed E-state index contributed by atoms with van der Waals surface area (Å²) in [5, 5.41) is 3.75. The van der Waals surface area contributed by atoms with Gasteiger partial charge in [0.05, 0.1) is 6.61 Å². The minimum absolute atomic E-state index is 0.480. The number of benzene rings is 1. The molecule has 0 radical (unpaired) electrons. The van der Waals surface area contributed by atoms with Crippen LogP contribution < -0.4 is 5.32 Å². The lowest BCUT2D eigenvalue weighted by Crippen LogP contribution is -2.58. The predicted octanol–water partition coefficient (Wildman–Crippen LogP) is 2.84. The van der Waals surface area contributed by atoms with E-state index < -0.39 is 0 Å². The first-order valence-electron chi connectivity index (χ1n) is 8.37. The third-order valence-electron chi connectivity index (χ3n) is 4.98. The van der Waals surface area contributed by atoms with Crippen LogP contribution in [0.2, 0.25) is 0 Å². The number of nitrogens with one attached hydrogen (secondary N) is 1. The molecule has 3 rings (SSSR count). The van der Waals surface area contributed by atoms with E-state index in [1.807, 2.05) is 0 Å². The molecular formula is C18H28N2O. The smallest absolute Gasteiger partial charge is 0.0622 e. The Hall–Kier alpha value is -0.900. The Morgan fingerprint density at radius 1 is 1.24 bits per heavy atom. The van der Waals surface area contributed by atoms with Crippen LogP contribution in [0, 0.1) is 5.92 Å². The fraction of sp³-hybridized carbons (Fsp3) is 0.667. The highest BCUT2D eigenvalue weighted by atomic mass is 16.5. The molecule has 1 aromatic rings. The van der Waals surface area contributed by atoms with Gasteiger partial charge >= 0.3 is 0 Å². The van der Waals surface area contributed by atoms with Crippen LogP contribution in [0.4, 0.5) is 0 Å². The molecule has 2 fully saturated rings. The van der Waals surface area contributed by atoms with Crippen molar-refractivity contribution in [1.82, 2.24) is 10.2 Å². The van der Waals surface area contributed by atoms with Gasteiger partial charge in [-0.1, -0.05) is 44.2 Å². The lowest BCUT2D eigenvalue weighted by atomic mass is 9.93. The zero-order chi connectivity index (χ0) is 14.7. The standard InChI is InChI=1S/C18H28N2O/c1-14(2)17-12-20(16-9-6-10-21-13-16)18(11-19-17)15-7-4-3-5-8-15/h3-5,7-8,14,16-19H,6,9-13H2,1-2H3. The molecule has 2 saturated heterocycles. The molecule has 0 aromatic heterocycles. The van der Waals surface area contributed by atoms with Gasteiger partial charge in [-0.15, -0.1) is 0 Å². The van der Waals surface area contributed by atoms with E-state index in [9.17, 15) is 0 Å². The summed E-state index contributed by atoms with van der Waals surface area (Å²) in [5.41, 5.74) is 1.43. The van der Waals surface area contributed by atoms with E-state index in [0.29, 0.717) is 24.0 Å². The molecule has 0 amide bonds. The monoisotopic (exact) mass is 288 g/mol. The van der Waals surface area contributed by atoms with Gasteiger partial charge < -0.3 is 10.1 Å².